The molecule has 0 aliphatic carbocycles. The fraction of sp³-hybridized carbons (Fsp3) is 0.300. The van der Waals surface area contributed by atoms with E-state index in [9.17, 15) is 4.79 Å². The Labute approximate surface area is 192 Å². The lowest BCUT2D eigenvalue weighted by molar-refractivity contribution is 0.0944. The largest absolute Gasteiger partial charge is 0.369 e. The van der Waals surface area contributed by atoms with E-state index < -0.39 is 0 Å². The summed E-state index contributed by atoms with van der Waals surface area (Å²) < 4.78 is 1.90. The van der Waals surface area contributed by atoms with Gasteiger partial charge in [-0.2, -0.15) is 0 Å². The van der Waals surface area contributed by atoms with Crippen molar-refractivity contribution in [2.45, 2.75) is 6.92 Å². The minimum atomic E-state index is -0.203. The van der Waals surface area contributed by atoms with Crippen molar-refractivity contribution < 1.29 is 4.79 Å². The van der Waals surface area contributed by atoms with E-state index in [0.29, 0.717) is 12.2 Å². The summed E-state index contributed by atoms with van der Waals surface area (Å²) >= 11 is 5.60. The van der Waals surface area contributed by atoms with Crippen molar-refractivity contribution >= 4 is 61.3 Å². The number of amides is 1. The Kier molecular flexibility index (Phi) is 8.13. The second kappa shape index (κ2) is 10.8. The molecule has 29 heavy (non-hydrogen) atoms. The van der Waals surface area contributed by atoms with Crippen LogP contribution in [0, 0.1) is 3.57 Å². The predicted molar refractivity (Wildman–Crippen MR) is 127 cm³/mol. The molecule has 0 saturated heterocycles. The normalized spacial score (nSPS) is 11.0. The van der Waals surface area contributed by atoms with Gasteiger partial charge in [0.2, 0.25) is 0 Å². The number of anilines is 1. The van der Waals surface area contributed by atoms with E-state index in [4.69, 9.17) is 0 Å². The number of carbonyl (C=O) groups excluding carboxylic acids is 1. The van der Waals surface area contributed by atoms with Gasteiger partial charge in [0.25, 0.3) is 5.91 Å². The Morgan fingerprint density at radius 1 is 1.14 bits per heavy atom. The number of hydrogen-bond donors (Lipinski definition) is 2. The second-order valence-corrected chi connectivity index (χ2v) is 8.41. The van der Waals surface area contributed by atoms with E-state index in [-0.39, 0.29) is 5.91 Å². The molecule has 152 valence electrons. The third-order valence-corrected chi connectivity index (χ3v) is 5.46. The maximum Gasteiger partial charge on any atom is 0.271 e. The molecule has 7 nitrogen and oxygen atoms in total. The van der Waals surface area contributed by atoms with Crippen molar-refractivity contribution in [1.82, 2.24) is 25.2 Å². The van der Waals surface area contributed by atoms with Crippen LogP contribution in [0.15, 0.2) is 47.2 Å². The number of halogens is 2. The Balaban J connectivity index is 1.45. The van der Waals surface area contributed by atoms with Gasteiger partial charge in [0, 0.05) is 29.7 Å². The number of nitrogens with one attached hydrogen (secondary N) is 2. The standard InChI is InChI=1S/C20H22BrIN6O/c1-2-28(10-8-23-19-5-3-4-18(21)27-19)11-9-24-20(29)17-13-25-16-12-14(22)6-7-15(16)26-17/h3-7,12-13H,2,8-11H2,1H3,(H,23,27)(H,24,29). The van der Waals surface area contributed by atoms with E-state index in [2.05, 4.69) is 75.9 Å². The highest BCUT2D eigenvalue weighted by atomic mass is 127. The molecule has 1 aromatic carbocycles. The minimum Gasteiger partial charge on any atom is -0.369 e. The second-order valence-electron chi connectivity index (χ2n) is 6.35. The Hall–Kier alpha value is -1.85. The first kappa shape index (κ1) is 21.8. The average molecular weight is 569 g/mol. The molecular weight excluding hydrogens is 547 g/mol. The molecule has 2 N–H and O–H groups in total. The van der Waals surface area contributed by atoms with Crippen LogP contribution in [0.5, 0.6) is 0 Å². The molecule has 0 aliphatic rings. The van der Waals surface area contributed by atoms with Crippen molar-refractivity contribution in [3.63, 3.8) is 0 Å². The SMILES string of the molecule is CCN(CCNC(=O)c1cnc2cc(I)ccc2n1)CCNc1cccc(Br)n1. The molecule has 3 rings (SSSR count). The molecule has 0 fully saturated rings. The molecule has 1 amide bonds. The predicted octanol–water partition coefficient (Wildman–Crippen LogP) is 3.56. The number of pyridine rings is 1. The number of hydrogen-bond acceptors (Lipinski definition) is 6. The molecule has 3 aromatic rings. The van der Waals surface area contributed by atoms with Crippen LogP contribution in [0.2, 0.25) is 0 Å². The quantitative estimate of drug-likeness (QED) is 0.303. The highest BCUT2D eigenvalue weighted by Gasteiger charge is 2.10. The van der Waals surface area contributed by atoms with Crippen LogP contribution in [-0.2, 0) is 0 Å². The minimum absolute atomic E-state index is 0.203. The number of aromatic nitrogens is 3. The topological polar surface area (TPSA) is 83.0 Å². The molecule has 0 saturated carbocycles. The first-order valence-electron chi connectivity index (χ1n) is 9.34. The summed E-state index contributed by atoms with van der Waals surface area (Å²) in [6.07, 6.45) is 1.53. The fourth-order valence-electron chi connectivity index (χ4n) is 2.79. The zero-order valence-corrected chi connectivity index (χ0v) is 19.8. The highest BCUT2D eigenvalue weighted by molar-refractivity contribution is 14.1. The maximum absolute atomic E-state index is 12.4. The first-order valence-corrected chi connectivity index (χ1v) is 11.2. The molecule has 2 aromatic heterocycles. The zero-order chi connectivity index (χ0) is 20.6. The van der Waals surface area contributed by atoms with E-state index in [1.54, 1.807) is 0 Å². The summed E-state index contributed by atoms with van der Waals surface area (Å²) in [4.78, 5) is 27.8. The first-order chi connectivity index (χ1) is 14.0. The van der Waals surface area contributed by atoms with Crippen molar-refractivity contribution in [2.75, 3.05) is 38.0 Å². The van der Waals surface area contributed by atoms with Crippen LogP contribution >= 0.6 is 38.5 Å². The lowest BCUT2D eigenvalue weighted by atomic mass is 10.3. The lowest BCUT2D eigenvalue weighted by Crippen LogP contribution is -2.37. The molecule has 0 spiro atoms. The summed E-state index contributed by atoms with van der Waals surface area (Å²) in [5, 5.41) is 6.24. The van der Waals surface area contributed by atoms with Gasteiger partial charge in [0.1, 0.15) is 16.1 Å². The number of fused-ring (bicyclic) bond motifs is 1. The summed E-state index contributed by atoms with van der Waals surface area (Å²) in [6.45, 7) is 5.95. The van der Waals surface area contributed by atoms with Crippen LogP contribution in [0.3, 0.4) is 0 Å². The van der Waals surface area contributed by atoms with Gasteiger partial charge in [-0.1, -0.05) is 13.0 Å². The zero-order valence-electron chi connectivity index (χ0n) is 16.0. The number of benzene rings is 1. The third kappa shape index (κ3) is 6.58. The van der Waals surface area contributed by atoms with E-state index in [0.717, 1.165) is 51.2 Å². The molecule has 0 radical (unpaired) electrons. The van der Waals surface area contributed by atoms with Gasteiger partial charge in [0.15, 0.2) is 0 Å². The van der Waals surface area contributed by atoms with Crippen molar-refractivity contribution in [1.29, 1.82) is 0 Å². The molecular formula is C20H22BrIN6O. The summed E-state index contributed by atoms with van der Waals surface area (Å²) in [6, 6.07) is 11.6. The van der Waals surface area contributed by atoms with Crippen LogP contribution in [0.25, 0.3) is 11.0 Å². The molecule has 2 heterocycles. The van der Waals surface area contributed by atoms with Crippen molar-refractivity contribution in [3.05, 3.63) is 56.5 Å². The fourth-order valence-corrected chi connectivity index (χ4v) is 3.61. The van der Waals surface area contributed by atoms with Gasteiger partial charge >= 0.3 is 0 Å². The maximum atomic E-state index is 12.4. The number of carbonyl (C=O) groups is 1. The summed E-state index contributed by atoms with van der Waals surface area (Å²) in [5.41, 5.74) is 1.85. The summed E-state index contributed by atoms with van der Waals surface area (Å²) in [5.74, 6) is 0.638. The van der Waals surface area contributed by atoms with Crippen LogP contribution < -0.4 is 10.6 Å². The Bertz CT molecular complexity index is 986. The molecule has 0 aliphatic heterocycles. The van der Waals surface area contributed by atoms with E-state index in [1.807, 2.05) is 36.4 Å². The molecule has 9 heteroatoms. The van der Waals surface area contributed by atoms with Gasteiger partial charge in [-0.05, 0) is 75.4 Å². The Morgan fingerprint density at radius 3 is 2.76 bits per heavy atom. The van der Waals surface area contributed by atoms with E-state index in [1.165, 1.54) is 6.20 Å². The van der Waals surface area contributed by atoms with E-state index >= 15 is 0 Å². The molecule has 0 bridgehead atoms. The number of likely N-dealkylation sites (N-methyl/N-ethyl adjacent to an activating group) is 1. The molecule has 0 unspecified atom stereocenters. The van der Waals surface area contributed by atoms with Gasteiger partial charge in [-0.25, -0.2) is 9.97 Å². The van der Waals surface area contributed by atoms with Crippen molar-refractivity contribution in [2.24, 2.45) is 0 Å². The summed E-state index contributed by atoms with van der Waals surface area (Å²) in [7, 11) is 0. The van der Waals surface area contributed by atoms with Crippen LogP contribution in [0.1, 0.15) is 17.4 Å². The highest BCUT2D eigenvalue weighted by Crippen LogP contribution is 2.13. The monoisotopic (exact) mass is 568 g/mol. The number of nitrogens with zero attached hydrogens (tertiary/aromatic N) is 4. The van der Waals surface area contributed by atoms with Crippen LogP contribution in [-0.4, -0.2) is 58.5 Å². The van der Waals surface area contributed by atoms with Gasteiger partial charge in [-0.15, -0.1) is 0 Å². The molecule has 0 atom stereocenters. The Morgan fingerprint density at radius 2 is 1.97 bits per heavy atom. The van der Waals surface area contributed by atoms with Crippen LogP contribution in [0.4, 0.5) is 5.82 Å². The third-order valence-electron chi connectivity index (χ3n) is 4.35. The number of rotatable bonds is 9. The van der Waals surface area contributed by atoms with Gasteiger partial charge < -0.3 is 15.5 Å². The van der Waals surface area contributed by atoms with Crippen molar-refractivity contribution in [3.8, 4) is 0 Å². The smallest absolute Gasteiger partial charge is 0.271 e. The van der Waals surface area contributed by atoms with Gasteiger partial charge in [0.05, 0.1) is 17.2 Å². The average Bonchev–Trinajstić information content (AvgIpc) is 2.72. The lowest BCUT2D eigenvalue weighted by Gasteiger charge is -2.20. The van der Waals surface area contributed by atoms with Gasteiger partial charge in [-0.3, -0.25) is 9.78 Å².